The molecule has 4 N–H and O–H groups in total. The Balaban J connectivity index is 1.54. The summed E-state index contributed by atoms with van der Waals surface area (Å²) in [6, 6.07) is 12.4. The summed E-state index contributed by atoms with van der Waals surface area (Å²) in [7, 11) is 0. The third-order valence-electron chi connectivity index (χ3n) is 3.80. The minimum atomic E-state index is -0.211. The molecule has 0 saturated heterocycles. The fourth-order valence-corrected chi connectivity index (χ4v) is 2.53. The summed E-state index contributed by atoms with van der Waals surface area (Å²) in [5.74, 6) is -0.602. The van der Waals surface area contributed by atoms with Gasteiger partial charge in [0.05, 0.1) is 0 Å². The van der Waals surface area contributed by atoms with Crippen LogP contribution in [-0.4, -0.2) is 27.6 Å². The predicted molar refractivity (Wildman–Crippen MR) is 93.8 cm³/mol. The molecule has 0 radical (unpaired) electrons. The number of H-pyrrole nitrogens is 1. The lowest BCUT2D eigenvalue weighted by molar-refractivity contribution is -0.116. The molecular weight excluding hydrogens is 304 g/mol. The zero-order valence-corrected chi connectivity index (χ0v) is 13.0. The van der Waals surface area contributed by atoms with Crippen LogP contribution < -0.4 is 5.32 Å². The number of nitrogens with one attached hydrogen (secondary N) is 2. The summed E-state index contributed by atoms with van der Waals surface area (Å²) in [5.41, 5.74) is 2.89. The van der Waals surface area contributed by atoms with Gasteiger partial charge >= 0.3 is 0 Å². The fraction of sp³-hybridized carbons (Fsp3) is 0.105. The number of aromatic nitrogens is 1. The molecule has 1 amide bonds. The number of aromatic amines is 1. The van der Waals surface area contributed by atoms with Gasteiger partial charge in [-0.2, -0.15) is 0 Å². The lowest BCUT2D eigenvalue weighted by atomic mass is 10.1. The van der Waals surface area contributed by atoms with Crippen molar-refractivity contribution in [3.63, 3.8) is 0 Å². The van der Waals surface area contributed by atoms with Crippen molar-refractivity contribution in [3.8, 4) is 11.5 Å². The minimum Gasteiger partial charge on any atom is -0.504 e. The van der Waals surface area contributed by atoms with Crippen LogP contribution in [-0.2, 0) is 11.2 Å². The van der Waals surface area contributed by atoms with Crippen LogP contribution >= 0.6 is 0 Å². The Morgan fingerprint density at radius 1 is 1.12 bits per heavy atom. The van der Waals surface area contributed by atoms with E-state index in [4.69, 9.17) is 0 Å². The van der Waals surface area contributed by atoms with E-state index in [-0.39, 0.29) is 17.4 Å². The van der Waals surface area contributed by atoms with Crippen LogP contribution in [0.4, 0.5) is 0 Å². The summed E-state index contributed by atoms with van der Waals surface area (Å²) in [6.07, 6.45) is 5.69. The standard InChI is InChI=1S/C19H18N2O3/c22-17-7-5-13(11-18(17)23)6-8-19(24)20-10-9-14-12-21-16-4-2-1-3-15(14)16/h1-8,11-12,21-23H,9-10H2,(H,20,24)/b8-6+. The van der Waals surface area contributed by atoms with Crippen LogP contribution in [0, 0.1) is 0 Å². The Hall–Kier alpha value is -3.21. The topological polar surface area (TPSA) is 85.3 Å². The van der Waals surface area contributed by atoms with Gasteiger partial charge in [-0.3, -0.25) is 4.79 Å². The first-order valence-electron chi connectivity index (χ1n) is 7.66. The molecule has 0 spiro atoms. The lowest BCUT2D eigenvalue weighted by Crippen LogP contribution is -2.23. The molecule has 0 aliphatic heterocycles. The van der Waals surface area contributed by atoms with Crippen molar-refractivity contribution in [2.45, 2.75) is 6.42 Å². The molecule has 0 atom stereocenters. The van der Waals surface area contributed by atoms with Crippen molar-refractivity contribution in [1.29, 1.82) is 0 Å². The number of carbonyl (C=O) groups excluding carboxylic acids is 1. The van der Waals surface area contributed by atoms with Gasteiger partial charge in [0.1, 0.15) is 0 Å². The molecule has 3 rings (SSSR count). The van der Waals surface area contributed by atoms with Crippen molar-refractivity contribution in [2.24, 2.45) is 0 Å². The van der Waals surface area contributed by atoms with E-state index in [0.29, 0.717) is 12.1 Å². The highest BCUT2D eigenvalue weighted by Crippen LogP contribution is 2.25. The fourth-order valence-electron chi connectivity index (χ4n) is 2.53. The van der Waals surface area contributed by atoms with Crippen molar-refractivity contribution in [1.82, 2.24) is 10.3 Å². The van der Waals surface area contributed by atoms with Crippen LogP contribution in [0.2, 0.25) is 0 Å². The highest BCUT2D eigenvalue weighted by atomic mass is 16.3. The summed E-state index contributed by atoms with van der Waals surface area (Å²) < 4.78 is 0. The Kier molecular flexibility index (Phi) is 4.52. The van der Waals surface area contributed by atoms with Crippen molar-refractivity contribution < 1.29 is 15.0 Å². The summed E-state index contributed by atoms with van der Waals surface area (Å²) >= 11 is 0. The molecule has 122 valence electrons. The first kappa shape index (κ1) is 15.7. The molecule has 1 aromatic heterocycles. The third-order valence-corrected chi connectivity index (χ3v) is 3.80. The van der Waals surface area contributed by atoms with Gasteiger partial charge in [0.2, 0.25) is 5.91 Å². The van der Waals surface area contributed by atoms with Crippen LogP contribution in [0.25, 0.3) is 17.0 Å². The van der Waals surface area contributed by atoms with Crippen LogP contribution in [0.3, 0.4) is 0 Å². The molecule has 0 unspecified atom stereocenters. The average molecular weight is 322 g/mol. The quantitative estimate of drug-likeness (QED) is 0.430. The lowest BCUT2D eigenvalue weighted by Gasteiger charge is -2.02. The zero-order valence-electron chi connectivity index (χ0n) is 13.0. The van der Waals surface area contributed by atoms with E-state index in [2.05, 4.69) is 16.4 Å². The van der Waals surface area contributed by atoms with Crippen LogP contribution in [0.5, 0.6) is 11.5 Å². The monoisotopic (exact) mass is 322 g/mol. The van der Waals surface area contributed by atoms with E-state index < -0.39 is 0 Å². The van der Waals surface area contributed by atoms with E-state index in [0.717, 1.165) is 11.9 Å². The molecule has 0 saturated carbocycles. The van der Waals surface area contributed by atoms with Gasteiger partial charge in [-0.1, -0.05) is 24.3 Å². The van der Waals surface area contributed by atoms with Gasteiger partial charge < -0.3 is 20.5 Å². The van der Waals surface area contributed by atoms with Crippen LogP contribution in [0.15, 0.2) is 54.7 Å². The Morgan fingerprint density at radius 2 is 1.96 bits per heavy atom. The molecule has 0 aliphatic carbocycles. The first-order valence-corrected chi connectivity index (χ1v) is 7.66. The van der Waals surface area contributed by atoms with E-state index >= 15 is 0 Å². The maximum Gasteiger partial charge on any atom is 0.244 e. The molecule has 0 fully saturated rings. The molecule has 0 aliphatic rings. The number of phenols is 2. The number of rotatable bonds is 5. The van der Waals surface area contributed by atoms with Gasteiger partial charge in [-0.05, 0) is 41.8 Å². The second kappa shape index (κ2) is 6.91. The smallest absolute Gasteiger partial charge is 0.244 e. The second-order valence-corrected chi connectivity index (χ2v) is 5.48. The van der Waals surface area contributed by atoms with Crippen molar-refractivity contribution >= 4 is 22.9 Å². The van der Waals surface area contributed by atoms with Gasteiger partial charge in [0, 0.05) is 29.7 Å². The van der Waals surface area contributed by atoms with Gasteiger partial charge in [-0.15, -0.1) is 0 Å². The summed E-state index contributed by atoms with van der Waals surface area (Å²) in [4.78, 5) is 15.1. The second-order valence-electron chi connectivity index (χ2n) is 5.48. The molecule has 5 nitrogen and oxygen atoms in total. The number of phenolic OH excluding ortho intramolecular Hbond substituents is 2. The first-order chi connectivity index (χ1) is 11.6. The Morgan fingerprint density at radius 3 is 2.79 bits per heavy atom. The molecule has 2 aromatic carbocycles. The van der Waals surface area contributed by atoms with Gasteiger partial charge in [0.15, 0.2) is 11.5 Å². The van der Waals surface area contributed by atoms with Crippen LogP contribution in [0.1, 0.15) is 11.1 Å². The van der Waals surface area contributed by atoms with Crippen molar-refractivity contribution in [3.05, 3.63) is 65.9 Å². The molecule has 0 bridgehead atoms. The molecular formula is C19H18N2O3. The Bertz CT molecular complexity index is 897. The predicted octanol–water partition coefficient (Wildman–Crippen LogP) is 2.95. The molecule has 24 heavy (non-hydrogen) atoms. The number of fused-ring (bicyclic) bond motifs is 1. The highest BCUT2D eigenvalue weighted by molar-refractivity contribution is 5.91. The number of amides is 1. The number of benzene rings is 2. The van der Waals surface area contributed by atoms with E-state index in [1.165, 1.54) is 29.2 Å². The molecule has 3 aromatic rings. The number of carbonyl (C=O) groups is 1. The van der Waals surface area contributed by atoms with E-state index in [1.54, 1.807) is 12.1 Å². The number of para-hydroxylation sites is 1. The molecule has 5 heteroatoms. The largest absolute Gasteiger partial charge is 0.504 e. The summed E-state index contributed by atoms with van der Waals surface area (Å²) in [5, 5.41) is 22.7. The normalized spacial score (nSPS) is 11.2. The van der Waals surface area contributed by atoms with E-state index in [1.807, 2.05) is 24.4 Å². The third kappa shape index (κ3) is 3.57. The minimum absolute atomic E-state index is 0.185. The number of hydrogen-bond donors (Lipinski definition) is 4. The molecule has 1 heterocycles. The maximum absolute atomic E-state index is 11.8. The zero-order chi connectivity index (χ0) is 16.9. The average Bonchev–Trinajstić information content (AvgIpc) is 2.99. The Labute approximate surface area is 139 Å². The number of hydrogen-bond acceptors (Lipinski definition) is 3. The van der Waals surface area contributed by atoms with E-state index in [9.17, 15) is 15.0 Å². The maximum atomic E-state index is 11.8. The van der Waals surface area contributed by atoms with Crippen molar-refractivity contribution in [2.75, 3.05) is 6.54 Å². The summed E-state index contributed by atoms with van der Waals surface area (Å²) in [6.45, 7) is 0.534. The number of aromatic hydroxyl groups is 2. The highest BCUT2D eigenvalue weighted by Gasteiger charge is 2.03. The van der Waals surface area contributed by atoms with Gasteiger partial charge in [0.25, 0.3) is 0 Å². The van der Waals surface area contributed by atoms with Gasteiger partial charge in [-0.25, -0.2) is 0 Å². The SMILES string of the molecule is O=C(/C=C/c1ccc(O)c(O)c1)NCCc1c[nH]c2ccccc12.